The highest BCUT2D eigenvalue weighted by atomic mass is 16.5. The highest BCUT2D eigenvalue weighted by Gasteiger charge is 2.20. The van der Waals surface area contributed by atoms with Crippen LogP contribution in [0.2, 0.25) is 0 Å². The van der Waals surface area contributed by atoms with Gasteiger partial charge < -0.3 is 9.84 Å². The number of allylic oxidation sites excluding steroid dienone is 1. The van der Waals surface area contributed by atoms with Crippen molar-refractivity contribution in [2.45, 2.75) is 31.8 Å². The van der Waals surface area contributed by atoms with Crippen molar-refractivity contribution in [2.24, 2.45) is 5.92 Å². The number of ether oxygens (including phenoxy) is 1. The van der Waals surface area contributed by atoms with Gasteiger partial charge in [0.25, 0.3) is 0 Å². The Balaban J connectivity index is 2.49. The number of methoxy groups -OCH3 is 1. The molecule has 0 aromatic rings. The summed E-state index contributed by atoms with van der Waals surface area (Å²) < 4.78 is 4.68. The maximum atomic E-state index is 11.2. The maximum absolute atomic E-state index is 11.2. The van der Waals surface area contributed by atoms with Crippen LogP contribution < -0.4 is 0 Å². The molecular formula is C10H16O3. The van der Waals surface area contributed by atoms with E-state index < -0.39 is 6.10 Å². The maximum Gasteiger partial charge on any atom is 0.308 e. The summed E-state index contributed by atoms with van der Waals surface area (Å²) in [6.45, 7) is 0. The number of hydrogen-bond donors (Lipinski definition) is 1. The molecule has 74 valence electrons. The molecule has 0 saturated carbocycles. The third-order valence-electron chi connectivity index (χ3n) is 2.39. The SMILES string of the molecule is COC(=O)[C@@H]1CC/C=C\[C@@H](O)CC1. The first-order valence-electron chi connectivity index (χ1n) is 4.66. The van der Waals surface area contributed by atoms with E-state index in [9.17, 15) is 9.90 Å². The minimum Gasteiger partial charge on any atom is -0.469 e. The van der Waals surface area contributed by atoms with Gasteiger partial charge in [0, 0.05) is 0 Å². The quantitative estimate of drug-likeness (QED) is 0.493. The molecule has 0 spiro atoms. The van der Waals surface area contributed by atoms with Gasteiger partial charge >= 0.3 is 5.97 Å². The average molecular weight is 184 g/mol. The Morgan fingerprint density at radius 1 is 1.46 bits per heavy atom. The van der Waals surface area contributed by atoms with E-state index in [2.05, 4.69) is 4.74 Å². The summed E-state index contributed by atoms with van der Waals surface area (Å²) in [4.78, 5) is 11.2. The molecule has 0 bridgehead atoms. The van der Waals surface area contributed by atoms with Crippen molar-refractivity contribution in [3.05, 3.63) is 12.2 Å². The van der Waals surface area contributed by atoms with E-state index in [1.54, 1.807) is 6.08 Å². The van der Waals surface area contributed by atoms with Crippen molar-refractivity contribution in [3.63, 3.8) is 0 Å². The molecule has 1 aliphatic carbocycles. The van der Waals surface area contributed by atoms with Gasteiger partial charge in [0.1, 0.15) is 0 Å². The Kier molecular flexibility index (Phi) is 3.96. The normalized spacial score (nSPS) is 31.5. The molecular weight excluding hydrogens is 168 g/mol. The van der Waals surface area contributed by atoms with Crippen LogP contribution in [-0.4, -0.2) is 24.3 Å². The lowest BCUT2D eigenvalue weighted by molar-refractivity contribution is -0.146. The number of carbonyl (C=O) groups excluding carboxylic acids is 1. The van der Waals surface area contributed by atoms with Crippen molar-refractivity contribution in [3.8, 4) is 0 Å². The van der Waals surface area contributed by atoms with Crippen LogP contribution in [0.4, 0.5) is 0 Å². The van der Waals surface area contributed by atoms with E-state index in [0.717, 1.165) is 19.3 Å². The fraction of sp³-hybridized carbons (Fsp3) is 0.700. The second-order valence-electron chi connectivity index (χ2n) is 3.37. The Bertz CT molecular complexity index is 198. The first-order valence-corrected chi connectivity index (χ1v) is 4.66. The van der Waals surface area contributed by atoms with Gasteiger partial charge in [0.15, 0.2) is 0 Å². The zero-order chi connectivity index (χ0) is 9.68. The second-order valence-corrected chi connectivity index (χ2v) is 3.37. The molecule has 1 rings (SSSR count). The Labute approximate surface area is 78.4 Å². The van der Waals surface area contributed by atoms with E-state index in [1.165, 1.54) is 7.11 Å². The molecule has 0 aromatic carbocycles. The third kappa shape index (κ3) is 3.19. The molecule has 0 saturated heterocycles. The van der Waals surface area contributed by atoms with E-state index in [1.807, 2.05) is 6.08 Å². The molecule has 0 aliphatic heterocycles. The lowest BCUT2D eigenvalue weighted by atomic mass is 9.93. The minimum atomic E-state index is -0.396. The van der Waals surface area contributed by atoms with Gasteiger partial charge in [-0.1, -0.05) is 12.2 Å². The number of aliphatic hydroxyl groups is 1. The molecule has 1 aliphatic rings. The largest absolute Gasteiger partial charge is 0.469 e. The van der Waals surface area contributed by atoms with Crippen LogP contribution in [0.25, 0.3) is 0 Å². The van der Waals surface area contributed by atoms with Crippen LogP contribution in [0.1, 0.15) is 25.7 Å². The van der Waals surface area contributed by atoms with E-state index in [0.29, 0.717) is 6.42 Å². The minimum absolute atomic E-state index is 0.0374. The predicted molar refractivity (Wildman–Crippen MR) is 49.1 cm³/mol. The highest BCUT2D eigenvalue weighted by molar-refractivity contribution is 5.72. The fourth-order valence-corrected chi connectivity index (χ4v) is 1.57. The molecule has 13 heavy (non-hydrogen) atoms. The lowest BCUT2D eigenvalue weighted by Crippen LogP contribution is -2.19. The number of carbonyl (C=O) groups is 1. The molecule has 2 atom stereocenters. The third-order valence-corrected chi connectivity index (χ3v) is 2.39. The topological polar surface area (TPSA) is 46.5 Å². The highest BCUT2D eigenvalue weighted by Crippen LogP contribution is 2.19. The molecule has 0 heterocycles. The van der Waals surface area contributed by atoms with E-state index in [4.69, 9.17) is 0 Å². The fourth-order valence-electron chi connectivity index (χ4n) is 1.57. The van der Waals surface area contributed by atoms with Crippen molar-refractivity contribution in [1.82, 2.24) is 0 Å². The summed E-state index contributed by atoms with van der Waals surface area (Å²) >= 11 is 0. The van der Waals surface area contributed by atoms with Crippen molar-refractivity contribution in [2.75, 3.05) is 7.11 Å². The predicted octanol–water partition coefficient (Wildman–Crippen LogP) is 1.27. The number of rotatable bonds is 1. The van der Waals surface area contributed by atoms with Crippen LogP contribution in [-0.2, 0) is 9.53 Å². The summed E-state index contributed by atoms with van der Waals surface area (Å²) in [6.07, 6.45) is 6.38. The molecule has 0 fully saturated rings. The van der Waals surface area contributed by atoms with Crippen molar-refractivity contribution >= 4 is 5.97 Å². The number of esters is 1. The Morgan fingerprint density at radius 2 is 2.23 bits per heavy atom. The lowest BCUT2D eigenvalue weighted by Gasteiger charge is -2.16. The molecule has 0 unspecified atom stereocenters. The molecule has 0 amide bonds. The van der Waals surface area contributed by atoms with Crippen LogP contribution in [0.3, 0.4) is 0 Å². The van der Waals surface area contributed by atoms with Crippen LogP contribution in [0.5, 0.6) is 0 Å². The number of aliphatic hydroxyl groups excluding tert-OH is 1. The summed E-state index contributed by atoms with van der Waals surface area (Å²) in [6, 6.07) is 0. The first-order chi connectivity index (χ1) is 6.24. The summed E-state index contributed by atoms with van der Waals surface area (Å²) in [5.74, 6) is -0.188. The molecule has 0 aromatic heterocycles. The van der Waals surface area contributed by atoms with Gasteiger partial charge in [0.2, 0.25) is 0 Å². The van der Waals surface area contributed by atoms with Crippen molar-refractivity contribution < 1.29 is 14.6 Å². The molecule has 0 radical (unpaired) electrons. The summed E-state index contributed by atoms with van der Waals surface area (Å²) in [5.41, 5.74) is 0. The van der Waals surface area contributed by atoms with Gasteiger partial charge in [-0.15, -0.1) is 0 Å². The van der Waals surface area contributed by atoms with Crippen molar-refractivity contribution in [1.29, 1.82) is 0 Å². The second kappa shape index (κ2) is 5.02. The average Bonchev–Trinajstić information content (AvgIpc) is 2.11. The Hall–Kier alpha value is -0.830. The van der Waals surface area contributed by atoms with Crippen LogP contribution >= 0.6 is 0 Å². The standard InChI is InChI=1S/C10H16O3/c1-13-10(12)8-4-2-3-5-9(11)7-6-8/h3,5,8-9,11H,2,4,6-7H2,1H3/b5-3-/t8-,9-/m1/s1. The monoisotopic (exact) mass is 184 g/mol. The van der Waals surface area contributed by atoms with Gasteiger partial charge in [0.05, 0.1) is 19.1 Å². The molecule has 1 N–H and O–H groups in total. The zero-order valence-electron chi connectivity index (χ0n) is 7.90. The van der Waals surface area contributed by atoms with E-state index >= 15 is 0 Å². The zero-order valence-corrected chi connectivity index (χ0v) is 7.90. The molecule has 3 heteroatoms. The van der Waals surface area contributed by atoms with Gasteiger partial charge in [-0.2, -0.15) is 0 Å². The van der Waals surface area contributed by atoms with Gasteiger partial charge in [-0.05, 0) is 25.7 Å². The van der Waals surface area contributed by atoms with Gasteiger partial charge in [-0.3, -0.25) is 4.79 Å². The van der Waals surface area contributed by atoms with Crippen LogP contribution in [0.15, 0.2) is 12.2 Å². The molecule has 3 nitrogen and oxygen atoms in total. The van der Waals surface area contributed by atoms with Crippen LogP contribution in [0, 0.1) is 5.92 Å². The Morgan fingerprint density at radius 3 is 2.92 bits per heavy atom. The van der Waals surface area contributed by atoms with E-state index in [-0.39, 0.29) is 11.9 Å². The summed E-state index contributed by atoms with van der Waals surface area (Å²) in [5, 5.41) is 9.35. The van der Waals surface area contributed by atoms with Gasteiger partial charge in [-0.25, -0.2) is 0 Å². The smallest absolute Gasteiger partial charge is 0.308 e. The summed E-state index contributed by atoms with van der Waals surface area (Å²) in [7, 11) is 1.41. The first kappa shape index (κ1) is 10.3. The number of hydrogen-bond acceptors (Lipinski definition) is 3.